The number of aliphatic hydroxyl groups is 1. The van der Waals surface area contributed by atoms with Crippen LogP contribution in [0.15, 0.2) is 0 Å². The first-order valence-electron chi connectivity index (χ1n) is 6.02. The second-order valence-electron chi connectivity index (χ2n) is 5.17. The topological polar surface area (TPSA) is 69.6 Å². The van der Waals surface area contributed by atoms with Gasteiger partial charge in [-0.1, -0.05) is 13.8 Å². The van der Waals surface area contributed by atoms with Gasteiger partial charge in [0.15, 0.2) is 6.10 Å². The summed E-state index contributed by atoms with van der Waals surface area (Å²) in [6.45, 7) is 3.28. The average Bonchev–Trinajstić information content (AvgIpc) is 2.23. The lowest BCUT2D eigenvalue weighted by molar-refractivity contribution is -0.200. The minimum absolute atomic E-state index is 0.160. The Hall–Kier alpha value is -0.380. The van der Waals surface area contributed by atoms with Gasteiger partial charge in [0.25, 0.3) is 10.2 Å². The quantitative estimate of drug-likeness (QED) is 0.804. The van der Waals surface area contributed by atoms with Crippen molar-refractivity contribution in [2.24, 2.45) is 11.8 Å². The second-order valence-corrected chi connectivity index (χ2v) is 6.93. The monoisotopic (exact) mass is 304 g/mol. The van der Waals surface area contributed by atoms with E-state index in [0.29, 0.717) is 0 Å². The third-order valence-electron chi connectivity index (χ3n) is 3.01. The molecule has 3 atom stereocenters. The lowest BCUT2D eigenvalue weighted by atomic mass is 9.94. The fourth-order valence-electron chi connectivity index (χ4n) is 2.19. The number of nitrogens with zero attached hydrogens (tertiary/aromatic N) is 1. The highest BCUT2D eigenvalue weighted by Gasteiger charge is 2.39. The minimum Gasteiger partial charge on any atom is -0.382 e. The zero-order chi connectivity index (χ0) is 14.8. The van der Waals surface area contributed by atoms with Gasteiger partial charge in [-0.25, -0.2) is 0 Å². The number of halogens is 3. The van der Waals surface area contributed by atoms with Gasteiger partial charge in [-0.3, -0.25) is 0 Å². The van der Waals surface area contributed by atoms with Crippen LogP contribution in [0.25, 0.3) is 0 Å². The van der Waals surface area contributed by atoms with E-state index in [4.69, 9.17) is 5.11 Å². The van der Waals surface area contributed by atoms with Crippen LogP contribution in [0.1, 0.15) is 20.3 Å². The number of hydrogen-bond acceptors (Lipinski definition) is 3. The highest BCUT2D eigenvalue weighted by atomic mass is 32.2. The molecule has 0 aliphatic carbocycles. The van der Waals surface area contributed by atoms with Gasteiger partial charge in [-0.05, 0) is 18.3 Å². The smallest absolute Gasteiger partial charge is 0.382 e. The van der Waals surface area contributed by atoms with Gasteiger partial charge in [0, 0.05) is 19.6 Å². The zero-order valence-electron chi connectivity index (χ0n) is 10.8. The van der Waals surface area contributed by atoms with Gasteiger partial charge in [-0.2, -0.15) is 30.6 Å². The molecule has 114 valence electrons. The molecule has 5 nitrogen and oxygen atoms in total. The molecular formula is C10H19F3N2O3S. The Morgan fingerprint density at radius 3 is 2.21 bits per heavy atom. The summed E-state index contributed by atoms with van der Waals surface area (Å²) >= 11 is 0. The van der Waals surface area contributed by atoms with Gasteiger partial charge in [-0.15, -0.1) is 0 Å². The van der Waals surface area contributed by atoms with Crippen molar-refractivity contribution in [3.63, 3.8) is 0 Å². The zero-order valence-corrected chi connectivity index (χ0v) is 11.6. The van der Waals surface area contributed by atoms with E-state index >= 15 is 0 Å². The summed E-state index contributed by atoms with van der Waals surface area (Å²) in [5.41, 5.74) is 0. The van der Waals surface area contributed by atoms with Crippen molar-refractivity contribution in [1.29, 1.82) is 0 Å². The molecule has 9 heteroatoms. The van der Waals surface area contributed by atoms with Gasteiger partial charge in [0.2, 0.25) is 0 Å². The van der Waals surface area contributed by atoms with Crippen LogP contribution in [0.5, 0.6) is 0 Å². The molecule has 19 heavy (non-hydrogen) atoms. The van der Waals surface area contributed by atoms with Crippen molar-refractivity contribution in [1.82, 2.24) is 9.03 Å². The van der Waals surface area contributed by atoms with E-state index in [9.17, 15) is 21.6 Å². The van der Waals surface area contributed by atoms with Crippen molar-refractivity contribution < 1.29 is 26.7 Å². The third kappa shape index (κ3) is 4.90. The Labute approximate surface area is 111 Å². The molecule has 2 N–H and O–H groups in total. The summed E-state index contributed by atoms with van der Waals surface area (Å²) in [4.78, 5) is 0. The largest absolute Gasteiger partial charge is 0.415 e. The van der Waals surface area contributed by atoms with Crippen LogP contribution in [-0.2, 0) is 10.2 Å². The normalized spacial score (nSPS) is 28.3. The van der Waals surface area contributed by atoms with E-state index in [2.05, 4.69) is 0 Å². The summed E-state index contributed by atoms with van der Waals surface area (Å²) in [5, 5.41) is 8.78. The molecule has 0 bridgehead atoms. The highest BCUT2D eigenvalue weighted by molar-refractivity contribution is 7.87. The Balaban J connectivity index is 2.61. The predicted molar refractivity (Wildman–Crippen MR) is 63.5 cm³/mol. The third-order valence-corrected chi connectivity index (χ3v) is 4.52. The van der Waals surface area contributed by atoms with Crippen LogP contribution in [-0.4, -0.2) is 49.7 Å². The summed E-state index contributed by atoms with van der Waals surface area (Å²) in [6, 6.07) is 0. The van der Waals surface area contributed by atoms with Crippen molar-refractivity contribution in [3.05, 3.63) is 0 Å². The molecule has 0 amide bonds. The molecule has 0 saturated carbocycles. The molecule has 0 aromatic carbocycles. The number of nitrogens with one attached hydrogen (secondary N) is 1. The maximum Gasteiger partial charge on any atom is 0.415 e. The molecule has 1 heterocycles. The number of aliphatic hydroxyl groups excluding tert-OH is 1. The van der Waals surface area contributed by atoms with E-state index in [1.54, 1.807) is 4.72 Å². The van der Waals surface area contributed by atoms with E-state index < -0.39 is 29.0 Å². The van der Waals surface area contributed by atoms with Crippen molar-refractivity contribution >= 4 is 10.2 Å². The fourth-order valence-corrected chi connectivity index (χ4v) is 3.65. The molecule has 1 rings (SSSR count). The summed E-state index contributed by atoms with van der Waals surface area (Å²) in [5.74, 6) is 0.320. The first-order valence-corrected chi connectivity index (χ1v) is 7.46. The van der Waals surface area contributed by atoms with Crippen LogP contribution in [0.2, 0.25) is 0 Å². The van der Waals surface area contributed by atoms with Crippen LogP contribution >= 0.6 is 0 Å². The molecule has 1 aliphatic rings. The highest BCUT2D eigenvalue weighted by Crippen LogP contribution is 2.23. The van der Waals surface area contributed by atoms with Gasteiger partial charge >= 0.3 is 6.18 Å². The van der Waals surface area contributed by atoms with Gasteiger partial charge < -0.3 is 5.11 Å². The lowest BCUT2D eigenvalue weighted by Crippen LogP contribution is -2.50. The SMILES string of the molecule is CC1CC(C)CN(S(=O)(=O)NCC(O)C(F)(F)F)C1. The van der Waals surface area contributed by atoms with E-state index in [1.165, 1.54) is 0 Å². The fraction of sp³-hybridized carbons (Fsp3) is 1.00. The Morgan fingerprint density at radius 1 is 1.32 bits per heavy atom. The van der Waals surface area contributed by atoms with Crippen molar-refractivity contribution in [2.45, 2.75) is 32.5 Å². The molecular weight excluding hydrogens is 285 g/mol. The number of piperidine rings is 1. The van der Waals surface area contributed by atoms with Gasteiger partial charge in [0.1, 0.15) is 0 Å². The van der Waals surface area contributed by atoms with Crippen molar-refractivity contribution in [3.8, 4) is 0 Å². The lowest BCUT2D eigenvalue weighted by Gasteiger charge is -2.34. The summed E-state index contributed by atoms with van der Waals surface area (Å²) in [7, 11) is -3.98. The average molecular weight is 304 g/mol. The second kappa shape index (κ2) is 5.94. The standard InChI is InChI=1S/C10H19F3N2O3S/c1-7-3-8(2)6-15(5-7)19(17,18)14-4-9(16)10(11,12)13/h7-9,14,16H,3-6H2,1-2H3. The minimum atomic E-state index is -4.83. The number of alkyl halides is 3. The van der Waals surface area contributed by atoms with E-state index in [1.807, 2.05) is 13.8 Å². The number of rotatable bonds is 4. The van der Waals surface area contributed by atoms with Gasteiger partial charge in [0.05, 0.1) is 0 Å². The maximum atomic E-state index is 12.1. The predicted octanol–water partition coefficient (Wildman–Crippen LogP) is 0.722. The van der Waals surface area contributed by atoms with Crippen LogP contribution in [0.4, 0.5) is 13.2 Å². The summed E-state index contributed by atoms with van der Waals surface area (Å²) < 4.78 is 62.9. The maximum absolute atomic E-state index is 12.1. The molecule has 3 unspecified atom stereocenters. The first kappa shape index (κ1) is 16.7. The first-order chi connectivity index (χ1) is 8.52. The molecule has 0 aromatic heterocycles. The molecule has 0 aromatic rings. The van der Waals surface area contributed by atoms with Crippen LogP contribution < -0.4 is 4.72 Å². The van der Waals surface area contributed by atoms with Crippen molar-refractivity contribution in [2.75, 3.05) is 19.6 Å². The Morgan fingerprint density at radius 2 is 1.79 bits per heavy atom. The molecule has 0 radical (unpaired) electrons. The van der Waals surface area contributed by atoms with Crippen LogP contribution in [0, 0.1) is 11.8 Å². The Bertz CT molecular complexity index is 389. The number of hydrogen-bond donors (Lipinski definition) is 2. The molecule has 0 spiro atoms. The van der Waals surface area contributed by atoms with Crippen LogP contribution in [0.3, 0.4) is 0 Å². The molecule has 1 aliphatic heterocycles. The van der Waals surface area contributed by atoms with E-state index in [0.717, 1.165) is 10.7 Å². The molecule has 1 fully saturated rings. The molecule has 1 saturated heterocycles. The Kier molecular flexibility index (Phi) is 5.21. The summed E-state index contributed by atoms with van der Waals surface area (Å²) in [6.07, 6.45) is -6.63. The van der Waals surface area contributed by atoms with E-state index in [-0.39, 0.29) is 24.9 Å².